The van der Waals surface area contributed by atoms with E-state index in [2.05, 4.69) is 42.3 Å². The summed E-state index contributed by atoms with van der Waals surface area (Å²) in [6.45, 7) is 6.02. The highest BCUT2D eigenvalue weighted by Crippen LogP contribution is 2.29. The van der Waals surface area contributed by atoms with Gasteiger partial charge in [0.2, 0.25) is 5.82 Å². The third kappa shape index (κ3) is 3.43. The minimum Gasteiger partial charge on any atom is -0.352 e. The molecule has 1 aliphatic heterocycles. The van der Waals surface area contributed by atoms with Gasteiger partial charge in [0.05, 0.1) is 23.6 Å². The summed E-state index contributed by atoms with van der Waals surface area (Å²) in [6, 6.07) is 0.246. The van der Waals surface area contributed by atoms with E-state index in [-0.39, 0.29) is 17.8 Å². The summed E-state index contributed by atoms with van der Waals surface area (Å²) >= 11 is 0. The van der Waals surface area contributed by atoms with E-state index in [1.165, 1.54) is 0 Å². The molecular weight excluding hydrogens is 306 g/mol. The number of aryl methyl sites for hydroxylation is 1. The summed E-state index contributed by atoms with van der Waals surface area (Å²) in [7, 11) is 1.58. The van der Waals surface area contributed by atoms with Crippen LogP contribution in [0.2, 0.25) is 0 Å². The van der Waals surface area contributed by atoms with Crippen molar-refractivity contribution in [3.63, 3.8) is 0 Å². The number of aromatic nitrogens is 5. The Hall–Kier alpha value is -2.35. The van der Waals surface area contributed by atoms with Crippen molar-refractivity contribution in [1.82, 2.24) is 35.4 Å². The Labute approximate surface area is 141 Å². The van der Waals surface area contributed by atoms with Gasteiger partial charge < -0.3 is 5.32 Å². The molecule has 0 aliphatic carbocycles. The molecule has 0 aromatic carbocycles. The number of aromatic amines is 1. The lowest BCUT2D eigenvalue weighted by Crippen LogP contribution is -2.35. The van der Waals surface area contributed by atoms with Crippen molar-refractivity contribution in [3.05, 3.63) is 35.4 Å². The summed E-state index contributed by atoms with van der Waals surface area (Å²) < 4.78 is 0. The number of carbonyl (C=O) groups excluding carboxylic acids is 1. The van der Waals surface area contributed by atoms with Gasteiger partial charge in [-0.1, -0.05) is 0 Å². The van der Waals surface area contributed by atoms with Gasteiger partial charge in [-0.3, -0.25) is 24.8 Å². The van der Waals surface area contributed by atoms with Gasteiger partial charge in [0.15, 0.2) is 0 Å². The van der Waals surface area contributed by atoms with Gasteiger partial charge in [-0.05, 0) is 39.8 Å². The molecule has 8 nitrogen and oxygen atoms in total. The van der Waals surface area contributed by atoms with Crippen LogP contribution in [0, 0.1) is 6.92 Å². The summed E-state index contributed by atoms with van der Waals surface area (Å²) in [4.78, 5) is 27.1. The van der Waals surface area contributed by atoms with Crippen molar-refractivity contribution < 1.29 is 4.79 Å². The predicted octanol–water partition coefficient (Wildman–Crippen LogP) is 1.20. The van der Waals surface area contributed by atoms with Crippen molar-refractivity contribution in [3.8, 4) is 0 Å². The zero-order chi connectivity index (χ0) is 17.1. The molecule has 0 spiro atoms. The van der Waals surface area contributed by atoms with E-state index in [1.807, 2.05) is 19.3 Å². The molecule has 2 aromatic heterocycles. The highest BCUT2D eigenvalue weighted by Gasteiger charge is 2.27. The number of H-pyrrole nitrogens is 1. The maximum absolute atomic E-state index is 11.6. The Kier molecular flexibility index (Phi) is 4.84. The Bertz CT molecular complexity index is 689. The minimum atomic E-state index is -0.262. The number of nitrogens with zero attached hydrogens (tertiary/aromatic N) is 5. The Morgan fingerprint density at radius 2 is 2.08 bits per heavy atom. The van der Waals surface area contributed by atoms with Gasteiger partial charge in [-0.25, -0.2) is 4.98 Å². The van der Waals surface area contributed by atoms with Gasteiger partial charge in [0.25, 0.3) is 5.91 Å². The van der Waals surface area contributed by atoms with Gasteiger partial charge in [0, 0.05) is 19.2 Å². The molecule has 1 atom stereocenters. The number of hydrogen-bond donors (Lipinski definition) is 2. The van der Waals surface area contributed by atoms with Crippen molar-refractivity contribution in [1.29, 1.82) is 0 Å². The molecule has 2 N–H and O–H groups in total. The minimum absolute atomic E-state index is 0.207. The molecule has 128 valence electrons. The van der Waals surface area contributed by atoms with E-state index in [1.54, 1.807) is 7.05 Å². The lowest BCUT2D eigenvalue weighted by atomic mass is 9.95. The van der Waals surface area contributed by atoms with Crippen molar-refractivity contribution in [2.75, 3.05) is 20.1 Å². The van der Waals surface area contributed by atoms with Crippen molar-refractivity contribution in [2.24, 2.45) is 0 Å². The SMILES string of the molecule is CNC(=O)c1n[nH]c(C2CCN(C(C)c3cnc(C)cn3)CC2)n1. The zero-order valence-electron chi connectivity index (χ0n) is 14.3. The van der Waals surface area contributed by atoms with Crippen LogP contribution in [0.4, 0.5) is 0 Å². The maximum Gasteiger partial charge on any atom is 0.290 e. The van der Waals surface area contributed by atoms with Gasteiger partial charge in [0.1, 0.15) is 5.82 Å². The van der Waals surface area contributed by atoms with Crippen molar-refractivity contribution in [2.45, 2.75) is 38.6 Å². The van der Waals surface area contributed by atoms with E-state index in [9.17, 15) is 4.79 Å². The average Bonchev–Trinajstić information content (AvgIpc) is 3.11. The van der Waals surface area contributed by atoms with E-state index in [0.717, 1.165) is 43.1 Å². The third-order valence-corrected chi connectivity index (χ3v) is 4.63. The molecule has 1 fully saturated rings. The predicted molar refractivity (Wildman–Crippen MR) is 88.5 cm³/mol. The van der Waals surface area contributed by atoms with Crippen LogP contribution < -0.4 is 5.32 Å². The molecule has 3 heterocycles. The van der Waals surface area contributed by atoms with E-state index in [4.69, 9.17) is 0 Å². The summed E-state index contributed by atoms with van der Waals surface area (Å²) in [6.07, 6.45) is 5.63. The van der Waals surface area contributed by atoms with Crippen LogP contribution in [0.1, 0.15) is 59.6 Å². The molecule has 8 heteroatoms. The molecule has 2 aromatic rings. The highest BCUT2D eigenvalue weighted by molar-refractivity contribution is 5.89. The second kappa shape index (κ2) is 7.04. The molecule has 1 unspecified atom stereocenters. The van der Waals surface area contributed by atoms with Crippen LogP contribution in [0.15, 0.2) is 12.4 Å². The lowest BCUT2D eigenvalue weighted by molar-refractivity contribution is 0.0953. The lowest BCUT2D eigenvalue weighted by Gasteiger charge is -2.34. The van der Waals surface area contributed by atoms with E-state index in [0.29, 0.717) is 5.92 Å². The number of likely N-dealkylation sites (tertiary alicyclic amines) is 1. The number of nitrogens with one attached hydrogen (secondary N) is 2. The van der Waals surface area contributed by atoms with Crippen molar-refractivity contribution >= 4 is 5.91 Å². The Morgan fingerprint density at radius 1 is 1.33 bits per heavy atom. The number of amides is 1. The van der Waals surface area contributed by atoms with Gasteiger partial charge in [-0.15, -0.1) is 5.10 Å². The van der Waals surface area contributed by atoms with E-state index >= 15 is 0 Å². The van der Waals surface area contributed by atoms with Crippen LogP contribution in [0.5, 0.6) is 0 Å². The Balaban J connectivity index is 1.60. The third-order valence-electron chi connectivity index (χ3n) is 4.63. The second-order valence-corrected chi connectivity index (χ2v) is 6.19. The first-order chi connectivity index (χ1) is 11.6. The Morgan fingerprint density at radius 3 is 2.71 bits per heavy atom. The fraction of sp³-hybridized carbons (Fsp3) is 0.562. The molecule has 24 heavy (non-hydrogen) atoms. The van der Waals surface area contributed by atoms with Crippen LogP contribution in [0.25, 0.3) is 0 Å². The topological polar surface area (TPSA) is 99.7 Å². The fourth-order valence-corrected chi connectivity index (χ4v) is 3.04. The van der Waals surface area contributed by atoms with E-state index < -0.39 is 0 Å². The first kappa shape index (κ1) is 16.5. The monoisotopic (exact) mass is 329 g/mol. The van der Waals surface area contributed by atoms with Crippen LogP contribution in [0.3, 0.4) is 0 Å². The maximum atomic E-state index is 11.6. The first-order valence-corrected chi connectivity index (χ1v) is 8.25. The molecule has 0 saturated carbocycles. The fourth-order valence-electron chi connectivity index (χ4n) is 3.04. The molecule has 1 amide bonds. The summed E-state index contributed by atoms with van der Waals surface area (Å²) in [5, 5.41) is 9.44. The quantitative estimate of drug-likeness (QED) is 0.874. The van der Waals surface area contributed by atoms with Crippen LogP contribution in [-0.4, -0.2) is 56.1 Å². The van der Waals surface area contributed by atoms with Gasteiger partial charge >= 0.3 is 0 Å². The average molecular weight is 329 g/mol. The normalized spacial score (nSPS) is 17.6. The van der Waals surface area contributed by atoms with Crippen LogP contribution >= 0.6 is 0 Å². The first-order valence-electron chi connectivity index (χ1n) is 8.25. The smallest absolute Gasteiger partial charge is 0.290 e. The number of piperidine rings is 1. The number of rotatable bonds is 4. The van der Waals surface area contributed by atoms with Gasteiger partial charge in [-0.2, -0.15) is 0 Å². The summed E-state index contributed by atoms with van der Waals surface area (Å²) in [5.41, 5.74) is 1.93. The second-order valence-electron chi connectivity index (χ2n) is 6.19. The number of hydrogen-bond acceptors (Lipinski definition) is 6. The molecule has 0 radical (unpaired) electrons. The standard InChI is InChI=1S/C16H23N7O/c1-10-8-19-13(9-18-10)11(2)23-6-4-12(5-7-23)14-20-15(22-21-14)16(24)17-3/h8-9,11-12H,4-7H2,1-3H3,(H,17,24)(H,20,21,22). The summed E-state index contributed by atoms with van der Waals surface area (Å²) in [5.74, 6) is 1.05. The molecule has 1 saturated heterocycles. The van der Waals surface area contributed by atoms with Crippen LogP contribution in [-0.2, 0) is 0 Å². The highest BCUT2D eigenvalue weighted by atomic mass is 16.2. The molecule has 1 aliphatic rings. The largest absolute Gasteiger partial charge is 0.352 e. The molecule has 0 bridgehead atoms. The molecule has 3 rings (SSSR count). The number of carbonyl (C=O) groups is 1. The molecular formula is C16H23N7O. The zero-order valence-corrected chi connectivity index (χ0v) is 14.3.